The van der Waals surface area contributed by atoms with Gasteiger partial charge in [-0.1, -0.05) is 19.4 Å². The summed E-state index contributed by atoms with van der Waals surface area (Å²) in [5.41, 5.74) is 10.1. The molecule has 0 atom stereocenters. The Hall–Kier alpha value is -1.85. The van der Waals surface area contributed by atoms with E-state index < -0.39 is 5.60 Å². The number of fused-ring (bicyclic) bond motifs is 1. The molecule has 0 bridgehead atoms. The fraction of sp³-hybridized carbons (Fsp3) is 0.654. The van der Waals surface area contributed by atoms with Crippen LogP contribution in [0.25, 0.3) is 10.9 Å². The number of hydrogen-bond donors (Lipinski definition) is 4. The monoisotopic (exact) mass is 428 g/mol. The Kier molecular flexibility index (Phi) is 9.14. The first-order valence-electron chi connectivity index (χ1n) is 11.9. The second-order valence-electron chi connectivity index (χ2n) is 10.5. The number of nitrogens with zero attached hydrogens (tertiary/aromatic N) is 1. The van der Waals surface area contributed by atoms with Gasteiger partial charge in [0.25, 0.3) is 0 Å². The zero-order chi connectivity index (χ0) is 23.1. The van der Waals surface area contributed by atoms with Crippen molar-refractivity contribution in [1.82, 2.24) is 10.3 Å². The molecule has 2 rings (SSSR count). The molecule has 0 amide bonds. The Morgan fingerprint density at radius 1 is 0.968 bits per heavy atom. The summed E-state index contributed by atoms with van der Waals surface area (Å²) < 4.78 is 0. The first kappa shape index (κ1) is 25.4. The molecular weight excluding hydrogens is 384 g/mol. The van der Waals surface area contributed by atoms with Gasteiger partial charge < -0.3 is 21.5 Å². The van der Waals surface area contributed by atoms with E-state index in [2.05, 4.69) is 56.5 Å². The van der Waals surface area contributed by atoms with Gasteiger partial charge in [-0.25, -0.2) is 4.98 Å². The largest absolute Gasteiger partial charge is 0.390 e. The van der Waals surface area contributed by atoms with Gasteiger partial charge in [-0.05, 0) is 103 Å². The van der Waals surface area contributed by atoms with Crippen molar-refractivity contribution in [2.75, 3.05) is 24.1 Å². The number of benzene rings is 1. The number of aliphatic hydroxyl groups is 1. The fourth-order valence-corrected chi connectivity index (χ4v) is 3.68. The SMILES string of the molecule is CCCCNc1cc2c(CCC(C)(C)O)cc(CCCCNC(C)(C)C)cc2nc1N. The minimum Gasteiger partial charge on any atom is -0.390 e. The van der Waals surface area contributed by atoms with Gasteiger partial charge in [0.1, 0.15) is 5.82 Å². The number of anilines is 2. The third-order valence-corrected chi connectivity index (χ3v) is 5.51. The number of aryl methyl sites for hydroxylation is 2. The molecule has 2 aromatic rings. The third-order valence-electron chi connectivity index (χ3n) is 5.51. The van der Waals surface area contributed by atoms with Crippen molar-refractivity contribution in [3.05, 3.63) is 29.3 Å². The maximum absolute atomic E-state index is 10.3. The van der Waals surface area contributed by atoms with Crippen LogP contribution in [0.3, 0.4) is 0 Å². The molecule has 174 valence electrons. The smallest absolute Gasteiger partial charge is 0.147 e. The van der Waals surface area contributed by atoms with E-state index in [-0.39, 0.29) is 5.54 Å². The predicted octanol–water partition coefficient (Wildman–Crippen LogP) is 5.44. The number of nitrogens with one attached hydrogen (secondary N) is 2. The van der Waals surface area contributed by atoms with Crippen LogP contribution in [0.15, 0.2) is 18.2 Å². The van der Waals surface area contributed by atoms with E-state index in [1.54, 1.807) is 0 Å². The van der Waals surface area contributed by atoms with Crippen LogP contribution in [0.5, 0.6) is 0 Å². The second kappa shape index (κ2) is 11.1. The van der Waals surface area contributed by atoms with Crippen LogP contribution in [-0.2, 0) is 12.8 Å². The maximum atomic E-state index is 10.3. The summed E-state index contributed by atoms with van der Waals surface area (Å²) >= 11 is 0. The minimum atomic E-state index is -0.690. The van der Waals surface area contributed by atoms with E-state index in [9.17, 15) is 5.11 Å². The van der Waals surface area contributed by atoms with E-state index in [1.165, 1.54) is 11.1 Å². The van der Waals surface area contributed by atoms with Crippen LogP contribution in [0.4, 0.5) is 11.5 Å². The van der Waals surface area contributed by atoms with E-state index in [1.807, 2.05) is 13.8 Å². The van der Waals surface area contributed by atoms with Crippen LogP contribution in [0.1, 0.15) is 84.8 Å². The van der Waals surface area contributed by atoms with Crippen molar-refractivity contribution < 1.29 is 5.11 Å². The highest BCUT2D eigenvalue weighted by molar-refractivity contribution is 5.89. The Labute approximate surface area is 189 Å². The fourth-order valence-electron chi connectivity index (χ4n) is 3.68. The lowest BCUT2D eigenvalue weighted by atomic mass is 9.93. The molecule has 1 aromatic carbocycles. The lowest BCUT2D eigenvalue weighted by Crippen LogP contribution is -2.36. The van der Waals surface area contributed by atoms with E-state index >= 15 is 0 Å². The minimum absolute atomic E-state index is 0.164. The molecule has 0 aliphatic heterocycles. The van der Waals surface area contributed by atoms with Crippen molar-refractivity contribution in [2.24, 2.45) is 0 Å². The highest BCUT2D eigenvalue weighted by atomic mass is 16.3. The number of unbranched alkanes of at least 4 members (excludes halogenated alkanes) is 2. The molecule has 0 aliphatic carbocycles. The number of pyridine rings is 1. The van der Waals surface area contributed by atoms with Crippen molar-refractivity contribution in [2.45, 2.75) is 97.6 Å². The average Bonchev–Trinajstić information content (AvgIpc) is 2.65. The Morgan fingerprint density at radius 2 is 1.71 bits per heavy atom. The number of nitrogens with two attached hydrogens (primary N) is 1. The first-order chi connectivity index (χ1) is 14.5. The Bertz CT molecular complexity index is 834. The molecule has 31 heavy (non-hydrogen) atoms. The van der Waals surface area contributed by atoms with Crippen molar-refractivity contribution >= 4 is 22.4 Å². The zero-order valence-corrected chi connectivity index (χ0v) is 20.6. The van der Waals surface area contributed by atoms with Crippen molar-refractivity contribution in [1.29, 1.82) is 0 Å². The van der Waals surface area contributed by atoms with Gasteiger partial charge in [0.05, 0.1) is 16.8 Å². The molecule has 5 N–H and O–H groups in total. The van der Waals surface area contributed by atoms with E-state index in [4.69, 9.17) is 10.7 Å². The van der Waals surface area contributed by atoms with E-state index in [0.717, 1.165) is 68.2 Å². The van der Waals surface area contributed by atoms with Gasteiger partial charge >= 0.3 is 0 Å². The number of hydrogen-bond acceptors (Lipinski definition) is 5. The number of rotatable bonds is 12. The summed E-state index contributed by atoms with van der Waals surface area (Å²) in [6, 6.07) is 6.63. The molecule has 0 saturated heterocycles. The van der Waals surface area contributed by atoms with Crippen LogP contribution in [0.2, 0.25) is 0 Å². The molecule has 1 aromatic heterocycles. The zero-order valence-electron chi connectivity index (χ0n) is 20.6. The summed E-state index contributed by atoms with van der Waals surface area (Å²) in [4.78, 5) is 4.74. The van der Waals surface area contributed by atoms with Gasteiger partial charge in [-0.3, -0.25) is 0 Å². The summed E-state index contributed by atoms with van der Waals surface area (Å²) in [6.45, 7) is 14.4. The summed E-state index contributed by atoms with van der Waals surface area (Å²) in [7, 11) is 0. The Morgan fingerprint density at radius 3 is 2.35 bits per heavy atom. The van der Waals surface area contributed by atoms with Gasteiger partial charge in [0.15, 0.2) is 0 Å². The number of aromatic nitrogens is 1. The summed E-state index contributed by atoms with van der Waals surface area (Å²) in [6.07, 6.45) is 7.07. The first-order valence-corrected chi connectivity index (χ1v) is 11.9. The molecule has 1 heterocycles. The molecule has 0 spiro atoms. The third kappa shape index (κ3) is 9.04. The van der Waals surface area contributed by atoms with Gasteiger partial charge in [-0.15, -0.1) is 0 Å². The van der Waals surface area contributed by atoms with E-state index in [0.29, 0.717) is 12.2 Å². The predicted molar refractivity (Wildman–Crippen MR) is 135 cm³/mol. The lowest BCUT2D eigenvalue weighted by Gasteiger charge is -2.20. The van der Waals surface area contributed by atoms with Crippen LogP contribution in [-0.4, -0.2) is 34.3 Å². The van der Waals surface area contributed by atoms with Crippen LogP contribution < -0.4 is 16.4 Å². The van der Waals surface area contributed by atoms with Crippen LogP contribution in [0, 0.1) is 0 Å². The standard InChI is InChI=1S/C26H44N4O/c1-7-8-14-28-23-18-21-20(12-13-26(5,6)31)16-19(17-22(21)30-24(23)27)11-9-10-15-29-25(2,3)4/h16-18,28-29,31H,7-15H2,1-6H3,(H2,27,30). The summed E-state index contributed by atoms with van der Waals surface area (Å²) in [5, 5.41) is 18.4. The van der Waals surface area contributed by atoms with Gasteiger partial charge in [0, 0.05) is 17.5 Å². The molecule has 0 radical (unpaired) electrons. The molecule has 0 saturated carbocycles. The highest BCUT2D eigenvalue weighted by Crippen LogP contribution is 2.29. The van der Waals surface area contributed by atoms with Crippen LogP contribution >= 0.6 is 0 Å². The molecular formula is C26H44N4O. The van der Waals surface area contributed by atoms with Gasteiger partial charge in [-0.2, -0.15) is 0 Å². The Balaban J connectivity index is 2.23. The highest BCUT2D eigenvalue weighted by Gasteiger charge is 2.16. The summed E-state index contributed by atoms with van der Waals surface area (Å²) in [5.74, 6) is 0.559. The van der Waals surface area contributed by atoms with Crippen molar-refractivity contribution in [3.8, 4) is 0 Å². The second-order valence-corrected chi connectivity index (χ2v) is 10.5. The van der Waals surface area contributed by atoms with Crippen molar-refractivity contribution in [3.63, 3.8) is 0 Å². The molecule has 5 heteroatoms. The maximum Gasteiger partial charge on any atom is 0.147 e. The lowest BCUT2D eigenvalue weighted by molar-refractivity contribution is 0.0715. The number of nitrogen functional groups attached to an aromatic ring is 1. The molecule has 0 aliphatic rings. The molecule has 0 unspecified atom stereocenters. The topological polar surface area (TPSA) is 83.2 Å². The molecule has 0 fully saturated rings. The average molecular weight is 429 g/mol. The quantitative estimate of drug-likeness (QED) is 0.338. The normalized spacial score (nSPS) is 12.5. The van der Waals surface area contributed by atoms with Gasteiger partial charge in [0.2, 0.25) is 0 Å². The molecule has 5 nitrogen and oxygen atoms in total.